The number of nitrogens with one attached hydrogen (secondary N) is 4. The van der Waals surface area contributed by atoms with Gasteiger partial charge in [-0.3, -0.25) is 14.4 Å². The Labute approximate surface area is 385 Å². The first kappa shape index (κ1) is 49.2. The van der Waals surface area contributed by atoms with Gasteiger partial charge in [0.15, 0.2) is 9.84 Å². The maximum absolute atomic E-state index is 14.1. The molecule has 0 aromatic heterocycles. The van der Waals surface area contributed by atoms with Crippen molar-refractivity contribution in [2.75, 3.05) is 25.5 Å². The molecule has 67 heavy (non-hydrogen) atoms. The Morgan fingerprint density at radius 2 is 1.13 bits per heavy atom. The van der Waals surface area contributed by atoms with Gasteiger partial charge in [0.1, 0.15) is 31.3 Å². The van der Waals surface area contributed by atoms with E-state index in [-0.39, 0.29) is 44.8 Å². The first-order valence-electron chi connectivity index (χ1n) is 21.5. The minimum Gasteiger partial charge on any atom is -0.449 e. The first-order valence-corrected chi connectivity index (χ1v) is 23.1. The molecule has 0 saturated carbocycles. The Morgan fingerprint density at radius 1 is 0.612 bits per heavy atom. The Kier molecular flexibility index (Phi) is 16.8. The van der Waals surface area contributed by atoms with Gasteiger partial charge in [0.2, 0.25) is 17.7 Å². The van der Waals surface area contributed by atoms with Gasteiger partial charge in [0, 0.05) is 25.3 Å². The molecule has 5 aromatic rings. The maximum atomic E-state index is 14.1. The highest BCUT2D eigenvalue weighted by molar-refractivity contribution is 7.91. The molecule has 6 N–H and O–H groups in total. The number of primary amides is 1. The number of fused-ring (bicyclic) bond motifs is 3. The van der Waals surface area contributed by atoms with Crippen LogP contribution >= 0.6 is 0 Å². The molecule has 0 fully saturated rings. The predicted octanol–water partition coefficient (Wildman–Crippen LogP) is 6.22. The molecule has 5 amide bonds. The van der Waals surface area contributed by atoms with Gasteiger partial charge in [-0.1, -0.05) is 109 Å². The molecule has 0 radical (unpaired) electrons. The van der Waals surface area contributed by atoms with Gasteiger partial charge in [-0.2, -0.15) is 13.2 Å². The molecule has 0 saturated heterocycles. The molecular formula is C49H50F3N5O9S. The number of benzene rings is 5. The first-order chi connectivity index (χ1) is 32.1. The average Bonchev–Trinajstić information content (AvgIpc) is 3.63. The Hall–Kier alpha value is -7.21. The highest BCUT2D eigenvalue weighted by Gasteiger charge is 2.33. The monoisotopic (exact) mass is 941 g/mol. The summed E-state index contributed by atoms with van der Waals surface area (Å²) in [4.78, 5) is 65.9. The second-order valence-corrected chi connectivity index (χ2v) is 17.9. The number of halogens is 3. The molecule has 0 unspecified atom stereocenters. The van der Waals surface area contributed by atoms with E-state index in [0.29, 0.717) is 24.1 Å². The number of amides is 5. The highest BCUT2D eigenvalue weighted by Crippen LogP contribution is 2.44. The summed E-state index contributed by atoms with van der Waals surface area (Å²) < 4.78 is 75.5. The van der Waals surface area contributed by atoms with Gasteiger partial charge in [-0.15, -0.1) is 0 Å². The van der Waals surface area contributed by atoms with Crippen molar-refractivity contribution in [3.05, 3.63) is 161 Å². The lowest BCUT2D eigenvalue weighted by molar-refractivity contribution is -0.137. The van der Waals surface area contributed by atoms with E-state index in [9.17, 15) is 45.6 Å². The number of nitrogens with two attached hydrogens (primary N) is 1. The minimum absolute atomic E-state index is 0.0295. The van der Waals surface area contributed by atoms with E-state index in [4.69, 9.17) is 15.2 Å². The quantitative estimate of drug-likeness (QED) is 0.0528. The number of hydrogen-bond acceptors (Lipinski definition) is 9. The summed E-state index contributed by atoms with van der Waals surface area (Å²) >= 11 is 0. The van der Waals surface area contributed by atoms with Crippen LogP contribution in [0, 0.1) is 0 Å². The van der Waals surface area contributed by atoms with Crippen LogP contribution < -0.4 is 27.0 Å². The molecule has 6 rings (SSSR count). The summed E-state index contributed by atoms with van der Waals surface area (Å²) in [6, 6.07) is 32.5. The Morgan fingerprint density at radius 3 is 1.70 bits per heavy atom. The van der Waals surface area contributed by atoms with Crippen LogP contribution in [0.5, 0.6) is 0 Å². The summed E-state index contributed by atoms with van der Waals surface area (Å²) in [5.74, 6) is -3.30. The van der Waals surface area contributed by atoms with Crippen molar-refractivity contribution in [2.45, 2.75) is 67.2 Å². The van der Waals surface area contributed by atoms with Crippen LogP contribution in [0.15, 0.2) is 138 Å². The van der Waals surface area contributed by atoms with Crippen molar-refractivity contribution in [3.8, 4) is 11.1 Å². The number of carbonyl (C=O) groups excluding carboxylic acids is 5. The zero-order chi connectivity index (χ0) is 48.0. The van der Waals surface area contributed by atoms with Crippen molar-refractivity contribution in [1.29, 1.82) is 0 Å². The van der Waals surface area contributed by atoms with Gasteiger partial charge >= 0.3 is 18.4 Å². The number of ether oxygens (including phenoxy) is 2. The zero-order valence-electron chi connectivity index (χ0n) is 36.2. The summed E-state index contributed by atoms with van der Waals surface area (Å²) in [6.07, 6.45) is -5.98. The molecule has 1 aliphatic rings. The number of alkyl carbamates (subject to hydrolysis) is 2. The van der Waals surface area contributed by atoms with E-state index >= 15 is 0 Å². The normalized spacial score (nSPS) is 13.5. The summed E-state index contributed by atoms with van der Waals surface area (Å²) in [7, 11) is -4.19. The van der Waals surface area contributed by atoms with Crippen molar-refractivity contribution < 1.29 is 55.0 Å². The summed E-state index contributed by atoms with van der Waals surface area (Å²) in [5.41, 5.74) is 10.3. The third-order valence-electron chi connectivity index (χ3n) is 11.1. The molecule has 352 valence electrons. The molecule has 3 atom stereocenters. The van der Waals surface area contributed by atoms with Gasteiger partial charge in [0.25, 0.3) is 0 Å². The van der Waals surface area contributed by atoms with Gasteiger partial charge in [0.05, 0.1) is 16.2 Å². The van der Waals surface area contributed by atoms with E-state index in [1.54, 1.807) is 60.7 Å². The van der Waals surface area contributed by atoms with Crippen LogP contribution in [0.2, 0.25) is 0 Å². The maximum Gasteiger partial charge on any atom is 0.416 e. The zero-order valence-corrected chi connectivity index (χ0v) is 37.0. The van der Waals surface area contributed by atoms with Gasteiger partial charge < -0.3 is 36.5 Å². The Balaban J connectivity index is 1.09. The number of carbonyl (C=O) groups is 5. The van der Waals surface area contributed by atoms with Crippen molar-refractivity contribution in [3.63, 3.8) is 0 Å². The molecule has 0 spiro atoms. The van der Waals surface area contributed by atoms with Crippen molar-refractivity contribution >= 4 is 39.7 Å². The molecule has 5 aromatic carbocycles. The van der Waals surface area contributed by atoms with Gasteiger partial charge in [-0.05, 0) is 76.9 Å². The number of sulfone groups is 1. The summed E-state index contributed by atoms with van der Waals surface area (Å²) in [5, 5.41) is 10.4. The molecule has 0 bridgehead atoms. The molecule has 14 nitrogen and oxygen atoms in total. The lowest BCUT2D eigenvalue weighted by atomic mass is 9.98. The fraction of sp³-hybridized carbons (Fsp3) is 0.286. The SMILES string of the molecule is NC(=O)[C@H](Cc1ccccc1)NC(=O)[C@H](Cc1ccccc1)NC(=O)[C@H](CCCCNC(=O)OCC1c2ccccc2-c2ccccc21)NC(=O)OCCS(=O)(=O)c1ccc(C(F)(F)F)cc1. The molecule has 0 heterocycles. The lowest BCUT2D eigenvalue weighted by Gasteiger charge is -2.25. The van der Waals surface area contributed by atoms with Crippen molar-refractivity contribution in [1.82, 2.24) is 21.3 Å². The number of rotatable bonds is 21. The third kappa shape index (κ3) is 13.9. The van der Waals surface area contributed by atoms with E-state index in [1.807, 2.05) is 48.5 Å². The average molecular weight is 942 g/mol. The van der Waals surface area contributed by atoms with Crippen LogP contribution in [-0.2, 0) is 52.7 Å². The van der Waals surface area contributed by atoms with Crippen LogP contribution in [-0.4, -0.2) is 82.0 Å². The minimum atomic E-state index is -4.68. The lowest BCUT2D eigenvalue weighted by Crippen LogP contribution is -2.57. The van der Waals surface area contributed by atoms with E-state index < -0.39 is 86.9 Å². The smallest absolute Gasteiger partial charge is 0.416 e. The van der Waals surface area contributed by atoms with E-state index in [2.05, 4.69) is 21.3 Å². The van der Waals surface area contributed by atoms with E-state index in [0.717, 1.165) is 39.9 Å². The fourth-order valence-corrected chi connectivity index (χ4v) is 8.74. The van der Waals surface area contributed by atoms with Crippen LogP contribution in [0.1, 0.15) is 53.0 Å². The van der Waals surface area contributed by atoms with Gasteiger partial charge in [-0.25, -0.2) is 18.0 Å². The predicted molar refractivity (Wildman–Crippen MR) is 242 cm³/mol. The molecule has 18 heteroatoms. The fourth-order valence-electron chi connectivity index (χ4n) is 7.66. The topological polar surface area (TPSA) is 212 Å². The second-order valence-electron chi connectivity index (χ2n) is 15.8. The van der Waals surface area contributed by atoms with Crippen LogP contribution in [0.25, 0.3) is 11.1 Å². The van der Waals surface area contributed by atoms with E-state index in [1.165, 1.54) is 0 Å². The summed E-state index contributed by atoms with van der Waals surface area (Å²) in [6.45, 7) is -0.487. The number of unbranched alkanes of at least 4 members (excludes halogenated alkanes) is 1. The third-order valence-corrected chi connectivity index (χ3v) is 12.8. The molecule has 1 aliphatic carbocycles. The van der Waals surface area contributed by atoms with Crippen LogP contribution in [0.3, 0.4) is 0 Å². The molecule has 0 aliphatic heterocycles. The number of alkyl halides is 3. The number of hydrogen-bond donors (Lipinski definition) is 5. The largest absolute Gasteiger partial charge is 0.449 e. The highest BCUT2D eigenvalue weighted by atomic mass is 32.2. The van der Waals surface area contributed by atoms with Crippen LogP contribution in [0.4, 0.5) is 22.8 Å². The standard InChI is InChI=1S/C49H50F3N5O9S/c50-49(51,52)34-22-24-35(25-23-34)67(63,64)28-27-65-48(62)57-41(21-11-12-26-54-47(61)66-31-40-38-19-9-7-17-36(38)37-18-8-10-20-39(37)40)45(59)56-43(30-33-15-5-2-6-16-33)46(60)55-42(44(53)58)29-32-13-3-1-4-14-32/h1-10,13-20,22-25,40-43H,11-12,21,26-31H2,(H2,53,58)(H,54,61)(H,55,60)(H,56,59)(H,57,62)/t41-,42-,43-/m0/s1. The second kappa shape index (κ2) is 22.8. The van der Waals surface area contributed by atoms with Crippen molar-refractivity contribution in [2.24, 2.45) is 5.73 Å². The Bertz CT molecular complexity index is 2570. The molecular weight excluding hydrogens is 892 g/mol.